The number of aryl methyl sites for hydroxylation is 1. The molecule has 0 atom stereocenters. The second-order valence-electron chi connectivity index (χ2n) is 4.80. The predicted octanol–water partition coefficient (Wildman–Crippen LogP) is 4.35. The fourth-order valence-corrected chi connectivity index (χ4v) is 1.96. The maximum atomic E-state index is 5.58. The lowest BCUT2D eigenvalue weighted by atomic mass is 10.1. The molecular formula is C16H28ClNO. The summed E-state index contributed by atoms with van der Waals surface area (Å²) in [7, 11) is 0. The second kappa shape index (κ2) is 12.3. The van der Waals surface area contributed by atoms with Crippen molar-refractivity contribution in [3.63, 3.8) is 0 Å². The van der Waals surface area contributed by atoms with E-state index in [4.69, 9.17) is 10.5 Å². The minimum Gasteiger partial charge on any atom is -0.494 e. The summed E-state index contributed by atoms with van der Waals surface area (Å²) in [4.78, 5) is 0. The molecule has 0 aliphatic heterocycles. The lowest BCUT2D eigenvalue weighted by molar-refractivity contribution is 0.313. The van der Waals surface area contributed by atoms with Crippen LogP contribution in [0.4, 0.5) is 0 Å². The number of nitrogens with two attached hydrogens (primary N) is 1. The van der Waals surface area contributed by atoms with E-state index in [2.05, 4.69) is 31.2 Å². The Morgan fingerprint density at radius 1 is 0.947 bits per heavy atom. The first kappa shape index (κ1) is 18.3. The number of rotatable bonds is 10. The number of benzene rings is 1. The molecule has 0 aromatic heterocycles. The third-order valence-electron chi connectivity index (χ3n) is 3.11. The minimum absolute atomic E-state index is 0. The van der Waals surface area contributed by atoms with Crippen LogP contribution in [0, 0.1) is 0 Å². The molecule has 2 N–H and O–H groups in total. The van der Waals surface area contributed by atoms with E-state index in [1.165, 1.54) is 44.1 Å². The molecule has 0 saturated heterocycles. The molecule has 0 heterocycles. The van der Waals surface area contributed by atoms with Crippen molar-refractivity contribution in [2.24, 2.45) is 5.73 Å². The van der Waals surface area contributed by atoms with E-state index in [-0.39, 0.29) is 12.4 Å². The zero-order chi connectivity index (χ0) is 13.1. The van der Waals surface area contributed by atoms with Gasteiger partial charge in [0.1, 0.15) is 5.75 Å². The molecule has 0 unspecified atom stereocenters. The third-order valence-corrected chi connectivity index (χ3v) is 3.11. The van der Waals surface area contributed by atoms with Crippen molar-refractivity contribution in [3.8, 4) is 5.75 Å². The Morgan fingerprint density at radius 2 is 1.63 bits per heavy atom. The van der Waals surface area contributed by atoms with Gasteiger partial charge in [0.2, 0.25) is 0 Å². The Balaban J connectivity index is 0.00000324. The Bertz CT molecular complexity index is 300. The van der Waals surface area contributed by atoms with E-state index in [1.54, 1.807) is 0 Å². The van der Waals surface area contributed by atoms with Crippen LogP contribution in [0.2, 0.25) is 0 Å². The Morgan fingerprint density at radius 3 is 2.26 bits per heavy atom. The van der Waals surface area contributed by atoms with Crippen molar-refractivity contribution >= 4 is 12.4 Å². The highest BCUT2D eigenvalue weighted by Crippen LogP contribution is 2.15. The normalized spacial score (nSPS) is 10.0. The van der Waals surface area contributed by atoms with E-state index in [9.17, 15) is 0 Å². The summed E-state index contributed by atoms with van der Waals surface area (Å²) in [5.74, 6) is 0.957. The molecule has 0 spiro atoms. The number of unbranched alkanes of at least 4 members (excludes halogenated alkanes) is 4. The van der Waals surface area contributed by atoms with Crippen LogP contribution in [0.15, 0.2) is 24.3 Å². The van der Waals surface area contributed by atoms with Crippen molar-refractivity contribution in [2.45, 2.75) is 51.9 Å². The van der Waals surface area contributed by atoms with Gasteiger partial charge in [-0.2, -0.15) is 0 Å². The summed E-state index contributed by atoms with van der Waals surface area (Å²) in [6.07, 6.45) is 8.81. The molecule has 0 bridgehead atoms. The first-order valence-electron chi connectivity index (χ1n) is 7.28. The van der Waals surface area contributed by atoms with Gasteiger partial charge in [-0.25, -0.2) is 0 Å². The van der Waals surface area contributed by atoms with Crippen LogP contribution in [0.3, 0.4) is 0 Å². The van der Waals surface area contributed by atoms with Gasteiger partial charge in [-0.1, -0.05) is 44.7 Å². The van der Waals surface area contributed by atoms with Gasteiger partial charge in [0.05, 0.1) is 6.61 Å². The fourth-order valence-electron chi connectivity index (χ4n) is 1.96. The summed E-state index contributed by atoms with van der Waals surface area (Å²) in [5, 5.41) is 0. The number of halogens is 1. The summed E-state index contributed by atoms with van der Waals surface area (Å²) in [5.41, 5.74) is 6.84. The lowest BCUT2D eigenvalue weighted by Gasteiger charge is -2.06. The molecule has 2 nitrogen and oxygen atoms in total. The summed E-state index contributed by atoms with van der Waals surface area (Å²) in [6, 6.07) is 8.49. The largest absolute Gasteiger partial charge is 0.494 e. The standard InChI is InChI=1S/C16H27NO.ClH/c1-2-3-4-5-6-8-15-9-11-16(12-10-15)18-14-7-13-17;/h9-12H,2-8,13-14,17H2,1H3;1H. The molecule has 0 aliphatic carbocycles. The van der Waals surface area contributed by atoms with E-state index in [1.807, 2.05) is 0 Å². The highest BCUT2D eigenvalue weighted by atomic mass is 35.5. The van der Waals surface area contributed by atoms with Crippen LogP contribution < -0.4 is 10.5 Å². The quantitative estimate of drug-likeness (QED) is 0.649. The Hall–Kier alpha value is -0.730. The van der Waals surface area contributed by atoms with Gasteiger partial charge in [0, 0.05) is 0 Å². The van der Waals surface area contributed by atoms with Crippen molar-refractivity contribution in [2.75, 3.05) is 13.2 Å². The first-order valence-corrected chi connectivity index (χ1v) is 7.28. The van der Waals surface area contributed by atoms with E-state index < -0.39 is 0 Å². The van der Waals surface area contributed by atoms with Gasteiger partial charge in [0.25, 0.3) is 0 Å². The van der Waals surface area contributed by atoms with E-state index in [0.717, 1.165) is 12.2 Å². The van der Waals surface area contributed by atoms with Gasteiger partial charge < -0.3 is 10.5 Å². The Kier molecular flexibility index (Phi) is 11.8. The van der Waals surface area contributed by atoms with Crippen LogP contribution in [-0.4, -0.2) is 13.2 Å². The average Bonchev–Trinajstić information content (AvgIpc) is 2.40. The minimum atomic E-state index is 0. The molecule has 0 radical (unpaired) electrons. The first-order chi connectivity index (χ1) is 8.86. The van der Waals surface area contributed by atoms with Crippen LogP contribution in [0.25, 0.3) is 0 Å². The summed E-state index contributed by atoms with van der Waals surface area (Å²) in [6.45, 7) is 3.66. The van der Waals surface area contributed by atoms with Gasteiger partial charge in [-0.3, -0.25) is 0 Å². The van der Waals surface area contributed by atoms with Gasteiger partial charge in [-0.05, 0) is 43.5 Å². The fraction of sp³-hybridized carbons (Fsp3) is 0.625. The molecule has 1 aromatic carbocycles. The SMILES string of the molecule is CCCCCCCc1ccc(OCCCN)cc1.Cl. The Labute approximate surface area is 124 Å². The molecule has 3 heteroatoms. The topological polar surface area (TPSA) is 35.2 Å². The highest BCUT2D eigenvalue weighted by molar-refractivity contribution is 5.85. The molecule has 110 valence electrons. The number of hydrogen-bond donors (Lipinski definition) is 1. The van der Waals surface area contributed by atoms with Crippen molar-refractivity contribution < 1.29 is 4.74 Å². The van der Waals surface area contributed by atoms with Crippen LogP contribution in [0.1, 0.15) is 51.0 Å². The zero-order valence-electron chi connectivity index (χ0n) is 12.1. The molecule has 0 saturated carbocycles. The second-order valence-corrected chi connectivity index (χ2v) is 4.80. The zero-order valence-corrected chi connectivity index (χ0v) is 12.9. The van der Waals surface area contributed by atoms with Crippen LogP contribution in [-0.2, 0) is 6.42 Å². The average molecular weight is 286 g/mol. The van der Waals surface area contributed by atoms with Gasteiger partial charge in [0.15, 0.2) is 0 Å². The van der Waals surface area contributed by atoms with Crippen LogP contribution >= 0.6 is 12.4 Å². The van der Waals surface area contributed by atoms with Crippen LogP contribution in [0.5, 0.6) is 5.75 Å². The molecular weight excluding hydrogens is 258 g/mol. The smallest absolute Gasteiger partial charge is 0.119 e. The van der Waals surface area contributed by atoms with Gasteiger partial charge >= 0.3 is 0 Å². The number of ether oxygens (including phenoxy) is 1. The molecule has 0 fully saturated rings. The van der Waals surface area contributed by atoms with Crippen molar-refractivity contribution in [3.05, 3.63) is 29.8 Å². The molecule has 0 amide bonds. The number of hydrogen-bond acceptors (Lipinski definition) is 2. The monoisotopic (exact) mass is 285 g/mol. The van der Waals surface area contributed by atoms with E-state index >= 15 is 0 Å². The van der Waals surface area contributed by atoms with Crippen molar-refractivity contribution in [1.82, 2.24) is 0 Å². The maximum Gasteiger partial charge on any atom is 0.119 e. The molecule has 1 rings (SSSR count). The van der Waals surface area contributed by atoms with Gasteiger partial charge in [-0.15, -0.1) is 12.4 Å². The highest BCUT2D eigenvalue weighted by Gasteiger charge is 1.96. The maximum absolute atomic E-state index is 5.58. The predicted molar refractivity (Wildman–Crippen MR) is 85.3 cm³/mol. The van der Waals surface area contributed by atoms with E-state index in [0.29, 0.717) is 13.2 Å². The lowest BCUT2D eigenvalue weighted by Crippen LogP contribution is -2.06. The molecule has 19 heavy (non-hydrogen) atoms. The summed E-state index contributed by atoms with van der Waals surface area (Å²) >= 11 is 0. The third kappa shape index (κ3) is 8.90. The molecule has 0 aliphatic rings. The van der Waals surface area contributed by atoms with Crippen molar-refractivity contribution in [1.29, 1.82) is 0 Å². The molecule has 1 aromatic rings. The summed E-state index contributed by atoms with van der Waals surface area (Å²) < 4.78 is 5.58.